The summed E-state index contributed by atoms with van der Waals surface area (Å²) < 4.78 is 10.5. The lowest BCUT2D eigenvalue weighted by Crippen LogP contribution is -2.43. The molecule has 0 spiro atoms. The molecular formula is C24H37N3O5S. The number of nitrogens with one attached hydrogen (secondary N) is 2. The molecule has 9 heteroatoms. The van der Waals surface area contributed by atoms with E-state index in [1.165, 1.54) is 23.3 Å². The molecule has 33 heavy (non-hydrogen) atoms. The number of carbonyl (C=O) groups is 3. The summed E-state index contributed by atoms with van der Waals surface area (Å²) in [5.74, 6) is -0.431. The van der Waals surface area contributed by atoms with Crippen molar-refractivity contribution in [1.29, 1.82) is 0 Å². The van der Waals surface area contributed by atoms with Crippen LogP contribution in [0.3, 0.4) is 0 Å². The monoisotopic (exact) mass is 479 g/mol. The number of hydrogen-bond acceptors (Lipinski definition) is 7. The normalized spacial score (nSPS) is 17.0. The van der Waals surface area contributed by atoms with Crippen molar-refractivity contribution in [1.82, 2.24) is 10.2 Å². The Bertz CT molecular complexity index is 830. The first-order valence-corrected chi connectivity index (χ1v) is 12.8. The fourth-order valence-electron chi connectivity index (χ4n) is 4.44. The summed E-state index contributed by atoms with van der Waals surface area (Å²) in [6.45, 7) is 6.93. The van der Waals surface area contributed by atoms with Crippen LogP contribution >= 0.6 is 11.3 Å². The zero-order chi connectivity index (χ0) is 23.8. The molecule has 0 saturated carbocycles. The third kappa shape index (κ3) is 7.25. The Hall–Kier alpha value is -1.97. The van der Waals surface area contributed by atoms with Crippen LogP contribution in [-0.2, 0) is 31.9 Å². The van der Waals surface area contributed by atoms with Crippen LogP contribution < -0.4 is 10.6 Å². The molecule has 0 bridgehead atoms. The van der Waals surface area contributed by atoms with E-state index in [0.29, 0.717) is 36.8 Å². The molecule has 1 aromatic heterocycles. The van der Waals surface area contributed by atoms with Crippen molar-refractivity contribution in [3.8, 4) is 0 Å². The molecule has 0 aromatic carbocycles. The highest BCUT2D eigenvalue weighted by atomic mass is 32.1. The minimum atomic E-state index is -0.382. The lowest BCUT2D eigenvalue weighted by molar-refractivity contribution is -0.126. The summed E-state index contributed by atoms with van der Waals surface area (Å²) in [6.07, 6.45) is 6.45. The molecule has 2 amide bonds. The maximum Gasteiger partial charge on any atom is 0.341 e. The summed E-state index contributed by atoms with van der Waals surface area (Å²) in [6, 6.07) is 0. The van der Waals surface area contributed by atoms with Gasteiger partial charge in [0, 0.05) is 23.9 Å². The van der Waals surface area contributed by atoms with E-state index in [1.807, 2.05) is 13.8 Å². The van der Waals surface area contributed by atoms with Gasteiger partial charge in [-0.15, -0.1) is 11.3 Å². The topological polar surface area (TPSA) is 97.0 Å². The molecule has 0 atom stereocenters. The number of fused-ring (bicyclic) bond motifs is 1. The lowest BCUT2D eigenvalue weighted by Gasteiger charge is -2.30. The first-order chi connectivity index (χ1) is 15.9. The average molecular weight is 480 g/mol. The molecule has 1 fully saturated rings. The van der Waals surface area contributed by atoms with Gasteiger partial charge in [0.2, 0.25) is 11.8 Å². The molecule has 0 radical (unpaired) electrons. The molecule has 1 aliphatic carbocycles. The van der Waals surface area contributed by atoms with Gasteiger partial charge in [0.1, 0.15) is 5.00 Å². The molecule has 2 aliphatic rings. The van der Waals surface area contributed by atoms with Gasteiger partial charge in [-0.25, -0.2) is 4.79 Å². The number of amides is 2. The Kier molecular flexibility index (Phi) is 9.70. The SMILES string of the molecule is COC(=O)c1c(NC(=O)CN2CCC(C(=O)NCCCOC(C)C)CC2)sc2c1CCCC2. The Morgan fingerprint density at radius 3 is 2.58 bits per heavy atom. The van der Waals surface area contributed by atoms with Crippen LogP contribution in [0.25, 0.3) is 0 Å². The van der Waals surface area contributed by atoms with Gasteiger partial charge in [0.05, 0.1) is 25.3 Å². The van der Waals surface area contributed by atoms with Crippen molar-refractivity contribution in [3.63, 3.8) is 0 Å². The number of nitrogens with zero attached hydrogens (tertiary/aromatic N) is 1. The number of anilines is 1. The summed E-state index contributed by atoms with van der Waals surface area (Å²) in [7, 11) is 1.38. The third-order valence-corrected chi connectivity index (χ3v) is 7.42. The van der Waals surface area contributed by atoms with Crippen molar-refractivity contribution >= 4 is 34.1 Å². The zero-order valence-electron chi connectivity index (χ0n) is 20.0. The minimum absolute atomic E-state index is 0.00900. The third-order valence-electron chi connectivity index (χ3n) is 6.21. The van der Waals surface area contributed by atoms with Crippen LogP contribution in [-0.4, -0.2) is 68.7 Å². The number of likely N-dealkylation sites (tertiary alicyclic amines) is 1. The molecule has 1 aromatic rings. The van der Waals surface area contributed by atoms with E-state index in [1.54, 1.807) is 0 Å². The van der Waals surface area contributed by atoms with E-state index < -0.39 is 0 Å². The van der Waals surface area contributed by atoms with Crippen LogP contribution in [0.1, 0.15) is 66.8 Å². The standard InChI is InChI=1S/C24H37N3O5S/c1-16(2)32-14-6-11-25-22(29)17-9-12-27(13-10-17)15-20(28)26-23-21(24(30)31-3)18-7-4-5-8-19(18)33-23/h16-17H,4-15H2,1-3H3,(H,25,29)(H,26,28). The Morgan fingerprint density at radius 2 is 1.88 bits per heavy atom. The Balaban J connectivity index is 1.44. The summed E-state index contributed by atoms with van der Waals surface area (Å²) in [5.41, 5.74) is 1.57. The van der Waals surface area contributed by atoms with Gasteiger partial charge in [-0.2, -0.15) is 0 Å². The number of rotatable bonds is 10. The predicted molar refractivity (Wildman–Crippen MR) is 129 cm³/mol. The van der Waals surface area contributed by atoms with Crippen LogP contribution in [0.15, 0.2) is 0 Å². The highest BCUT2D eigenvalue weighted by Gasteiger charge is 2.29. The number of carbonyl (C=O) groups excluding carboxylic acids is 3. The van der Waals surface area contributed by atoms with E-state index in [9.17, 15) is 14.4 Å². The van der Waals surface area contributed by atoms with E-state index in [0.717, 1.165) is 50.5 Å². The fourth-order valence-corrected chi connectivity index (χ4v) is 5.74. The summed E-state index contributed by atoms with van der Waals surface area (Å²) >= 11 is 1.50. The number of aryl methyl sites for hydroxylation is 1. The molecular weight excluding hydrogens is 442 g/mol. The number of piperidine rings is 1. The molecule has 8 nitrogen and oxygen atoms in total. The van der Waals surface area contributed by atoms with Crippen LogP contribution in [0.2, 0.25) is 0 Å². The van der Waals surface area contributed by atoms with Gasteiger partial charge in [0.15, 0.2) is 0 Å². The zero-order valence-corrected chi connectivity index (χ0v) is 20.9. The molecule has 184 valence electrons. The maximum atomic E-state index is 12.7. The second kappa shape index (κ2) is 12.5. The number of ether oxygens (including phenoxy) is 2. The van der Waals surface area contributed by atoms with Gasteiger partial charge in [-0.1, -0.05) is 0 Å². The van der Waals surface area contributed by atoms with Crippen molar-refractivity contribution in [2.24, 2.45) is 5.92 Å². The van der Waals surface area contributed by atoms with Gasteiger partial charge >= 0.3 is 5.97 Å². The summed E-state index contributed by atoms with van der Waals surface area (Å²) in [5, 5.41) is 6.57. The van der Waals surface area contributed by atoms with Crippen molar-refractivity contribution in [2.45, 2.75) is 64.9 Å². The highest BCUT2D eigenvalue weighted by Crippen LogP contribution is 2.38. The Morgan fingerprint density at radius 1 is 1.15 bits per heavy atom. The van der Waals surface area contributed by atoms with Gasteiger partial charge < -0.3 is 20.1 Å². The molecule has 1 saturated heterocycles. The first kappa shape index (κ1) is 25.6. The van der Waals surface area contributed by atoms with Crippen LogP contribution in [0.5, 0.6) is 0 Å². The van der Waals surface area contributed by atoms with Crippen LogP contribution in [0, 0.1) is 5.92 Å². The fraction of sp³-hybridized carbons (Fsp3) is 0.708. The molecule has 2 heterocycles. The number of methoxy groups -OCH3 is 1. The Labute approximate surface area is 200 Å². The van der Waals surface area contributed by atoms with Gasteiger partial charge in [0.25, 0.3) is 0 Å². The number of thiophene rings is 1. The molecule has 0 unspecified atom stereocenters. The average Bonchev–Trinajstić information content (AvgIpc) is 3.16. The lowest BCUT2D eigenvalue weighted by atomic mass is 9.95. The first-order valence-electron chi connectivity index (χ1n) is 12.0. The van der Waals surface area contributed by atoms with Crippen LogP contribution in [0.4, 0.5) is 5.00 Å². The quantitative estimate of drug-likeness (QED) is 0.396. The van der Waals surface area contributed by atoms with Gasteiger partial charge in [-0.3, -0.25) is 14.5 Å². The van der Waals surface area contributed by atoms with E-state index in [-0.39, 0.29) is 36.4 Å². The molecule has 1 aliphatic heterocycles. The molecule has 2 N–H and O–H groups in total. The van der Waals surface area contributed by atoms with E-state index in [2.05, 4.69) is 15.5 Å². The number of esters is 1. The maximum absolute atomic E-state index is 12.7. The minimum Gasteiger partial charge on any atom is -0.465 e. The number of hydrogen-bond donors (Lipinski definition) is 2. The van der Waals surface area contributed by atoms with E-state index in [4.69, 9.17) is 9.47 Å². The molecule has 3 rings (SSSR count). The second-order valence-electron chi connectivity index (χ2n) is 9.07. The van der Waals surface area contributed by atoms with Crippen molar-refractivity contribution < 1.29 is 23.9 Å². The largest absolute Gasteiger partial charge is 0.465 e. The van der Waals surface area contributed by atoms with E-state index >= 15 is 0 Å². The van der Waals surface area contributed by atoms with Crippen molar-refractivity contribution in [3.05, 3.63) is 16.0 Å². The van der Waals surface area contributed by atoms with Gasteiger partial charge in [-0.05, 0) is 77.4 Å². The van der Waals surface area contributed by atoms with Crippen molar-refractivity contribution in [2.75, 3.05) is 45.2 Å². The summed E-state index contributed by atoms with van der Waals surface area (Å²) in [4.78, 5) is 40.7. The second-order valence-corrected chi connectivity index (χ2v) is 10.2. The predicted octanol–water partition coefficient (Wildman–Crippen LogP) is 3.00. The highest BCUT2D eigenvalue weighted by molar-refractivity contribution is 7.17. The smallest absolute Gasteiger partial charge is 0.341 e.